The van der Waals surface area contributed by atoms with Crippen molar-refractivity contribution in [3.63, 3.8) is 0 Å². The predicted molar refractivity (Wildman–Crippen MR) is 80.0 cm³/mol. The van der Waals surface area contributed by atoms with Crippen LogP contribution in [0.2, 0.25) is 0 Å². The van der Waals surface area contributed by atoms with Gasteiger partial charge in [0.25, 0.3) is 0 Å². The number of nitrogens with two attached hydrogens (primary N) is 1. The van der Waals surface area contributed by atoms with E-state index in [1.54, 1.807) is 0 Å². The van der Waals surface area contributed by atoms with Gasteiger partial charge in [0.1, 0.15) is 0 Å². The van der Waals surface area contributed by atoms with Crippen LogP contribution in [-0.4, -0.2) is 41.6 Å². The first-order valence-electron chi connectivity index (χ1n) is 7.76. The first-order chi connectivity index (χ1) is 8.75. The molecule has 2 aliphatic carbocycles. The summed E-state index contributed by atoms with van der Waals surface area (Å²) in [6.07, 6.45) is 9.96. The second kappa shape index (κ2) is 5.34. The van der Waals surface area contributed by atoms with E-state index >= 15 is 0 Å². The molecule has 3 rings (SSSR count). The van der Waals surface area contributed by atoms with Gasteiger partial charge in [-0.25, -0.2) is 0 Å². The third-order valence-corrected chi connectivity index (χ3v) is 6.87. The van der Waals surface area contributed by atoms with Crippen molar-refractivity contribution in [2.24, 2.45) is 17.6 Å². The molecule has 2 saturated carbocycles. The molecule has 0 aromatic heterocycles. The van der Waals surface area contributed by atoms with E-state index in [9.17, 15) is 0 Å². The molecule has 2 N–H and O–H groups in total. The lowest BCUT2D eigenvalue weighted by Gasteiger charge is -2.49. The van der Waals surface area contributed by atoms with E-state index in [-0.39, 0.29) is 0 Å². The molecule has 104 valence electrons. The van der Waals surface area contributed by atoms with Gasteiger partial charge in [0.05, 0.1) is 0 Å². The molecule has 0 amide bonds. The van der Waals surface area contributed by atoms with Crippen molar-refractivity contribution < 1.29 is 0 Å². The molecule has 3 atom stereocenters. The van der Waals surface area contributed by atoms with Gasteiger partial charge >= 0.3 is 0 Å². The van der Waals surface area contributed by atoms with Gasteiger partial charge in [-0.1, -0.05) is 12.8 Å². The highest BCUT2D eigenvalue weighted by Crippen LogP contribution is 2.48. The van der Waals surface area contributed by atoms with E-state index in [2.05, 4.69) is 23.7 Å². The molecule has 1 heterocycles. The molecule has 3 aliphatic rings. The van der Waals surface area contributed by atoms with Gasteiger partial charge in [-0.15, -0.1) is 0 Å². The molecule has 3 fully saturated rings. The normalized spacial score (nSPS) is 41.5. The largest absolute Gasteiger partial charge is 0.329 e. The van der Waals surface area contributed by atoms with Crippen LogP contribution >= 0.6 is 11.8 Å². The monoisotopic (exact) mass is 268 g/mol. The van der Waals surface area contributed by atoms with E-state index in [0.717, 1.165) is 24.4 Å². The minimum atomic E-state index is 0.334. The fourth-order valence-electron chi connectivity index (χ4n) is 4.22. The Morgan fingerprint density at radius 2 is 2.06 bits per heavy atom. The second-order valence-electron chi connectivity index (χ2n) is 6.75. The fraction of sp³-hybridized carbons (Fsp3) is 1.00. The highest BCUT2D eigenvalue weighted by Gasteiger charge is 2.45. The summed E-state index contributed by atoms with van der Waals surface area (Å²) in [5.41, 5.74) is 6.58. The lowest BCUT2D eigenvalue weighted by atomic mass is 9.72. The van der Waals surface area contributed by atoms with E-state index in [1.165, 1.54) is 56.5 Å². The van der Waals surface area contributed by atoms with Crippen LogP contribution in [-0.2, 0) is 0 Å². The maximum Gasteiger partial charge on any atom is 0.0334 e. The first-order valence-corrected chi connectivity index (χ1v) is 8.91. The molecule has 0 radical (unpaired) electrons. The van der Waals surface area contributed by atoms with Gasteiger partial charge < -0.3 is 5.73 Å². The molecule has 1 saturated heterocycles. The van der Waals surface area contributed by atoms with Crippen LogP contribution < -0.4 is 5.73 Å². The summed E-state index contributed by atoms with van der Waals surface area (Å²) in [5.74, 6) is 4.72. The maximum absolute atomic E-state index is 6.24. The Morgan fingerprint density at radius 3 is 2.67 bits per heavy atom. The molecule has 0 bridgehead atoms. The first kappa shape index (κ1) is 13.3. The number of thioether (sulfide) groups is 1. The Bertz CT molecular complexity index is 286. The van der Waals surface area contributed by atoms with Gasteiger partial charge in [-0.05, 0) is 56.7 Å². The summed E-state index contributed by atoms with van der Waals surface area (Å²) >= 11 is 2.12. The van der Waals surface area contributed by atoms with E-state index in [0.29, 0.717) is 5.54 Å². The van der Waals surface area contributed by atoms with Crippen LogP contribution in [0.4, 0.5) is 0 Å². The Hall–Kier alpha value is 0.270. The minimum Gasteiger partial charge on any atom is -0.329 e. The fourth-order valence-corrected chi connectivity index (χ4v) is 5.49. The topological polar surface area (TPSA) is 29.3 Å². The van der Waals surface area contributed by atoms with Crippen molar-refractivity contribution in [2.45, 2.75) is 56.5 Å². The van der Waals surface area contributed by atoms with Crippen LogP contribution in [0.5, 0.6) is 0 Å². The number of rotatable bonds is 4. The Balaban J connectivity index is 1.70. The predicted octanol–water partition coefficient (Wildman–Crippen LogP) is 2.72. The smallest absolute Gasteiger partial charge is 0.0334 e. The second-order valence-corrected chi connectivity index (χ2v) is 7.90. The molecule has 0 aromatic carbocycles. The van der Waals surface area contributed by atoms with Gasteiger partial charge in [0.15, 0.2) is 0 Å². The van der Waals surface area contributed by atoms with Crippen molar-refractivity contribution in [3.05, 3.63) is 0 Å². The van der Waals surface area contributed by atoms with E-state index in [4.69, 9.17) is 5.73 Å². The summed E-state index contributed by atoms with van der Waals surface area (Å²) in [6.45, 7) is 0.869. The summed E-state index contributed by atoms with van der Waals surface area (Å²) in [5, 5.41) is 0. The molecule has 3 unspecified atom stereocenters. The average Bonchev–Trinajstić information content (AvgIpc) is 3.13. The molecule has 3 heteroatoms. The van der Waals surface area contributed by atoms with Gasteiger partial charge in [0, 0.05) is 23.9 Å². The molecule has 18 heavy (non-hydrogen) atoms. The van der Waals surface area contributed by atoms with Gasteiger partial charge in [0.2, 0.25) is 0 Å². The van der Waals surface area contributed by atoms with Crippen molar-refractivity contribution in [1.82, 2.24) is 4.90 Å². The molecule has 0 aromatic rings. The standard InChI is InChI=1S/C15H28N2S/c1-17(14-6-8-18-10-14)15(11-16)7-2-3-13(9-15)12-4-5-12/h12-14H,2-11,16H2,1H3. The molecular formula is C15H28N2S. The number of nitrogens with zero attached hydrogens (tertiary/aromatic N) is 1. The number of hydrogen-bond donors (Lipinski definition) is 1. The summed E-state index contributed by atoms with van der Waals surface area (Å²) < 4.78 is 0. The lowest BCUT2D eigenvalue weighted by Crippen LogP contribution is -2.58. The Kier molecular flexibility index (Phi) is 3.93. The van der Waals surface area contributed by atoms with Gasteiger partial charge in [-0.3, -0.25) is 4.90 Å². The van der Waals surface area contributed by atoms with Crippen molar-refractivity contribution in [3.8, 4) is 0 Å². The third kappa shape index (κ3) is 2.46. The molecule has 0 spiro atoms. The SMILES string of the molecule is CN(C1CCSC1)C1(CN)CCCC(C2CC2)C1. The van der Waals surface area contributed by atoms with Crippen molar-refractivity contribution in [2.75, 3.05) is 25.1 Å². The Morgan fingerprint density at radius 1 is 1.22 bits per heavy atom. The van der Waals surface area contributed by atoms with Crippen LogP contribution in [0, 0.1) is 11.8 Å². The van der Waals surface area contributed by atoms with Crippen LogP contribution in [0.1, 0.15) is 44.9 Å². The summed E-state index contributed by atoms with van der Waals surface area (Å²) in [4.78, 5) is 2.70. The average molecular weight is 268 g/mol. The number of hydrogen-bond acceptors (Lipinski definition) is 3. The van der Waals surface area contributed by atoms with Crippen molar-refractivity contribution in [1.29, 1.82) is 0 Å². The zero-order chi connectivity index (χ0) is 12.6. The minimum absolute atomic E-state index is 0.334. The quantitative estimate of drug-likeness (QED) is 0.850. The summed E-state index contributed by atoms with van der Waals surface area (Å²) in [7, 11) is 2.36. The van der Waals surface area contributed by atoms with Crippen molar-refractivity contribution >= 4 is 11.8 Å². The molecule has 1 aliphatic heterocycles. The third-order valence-electron chi connectivity index (χ3n) is 5.73. The van der Waals surface area contributed by atoms with Crippen LogP contribution in [0.3, 0.4) is 0 Å². The molecular weight excluding hydrogens is 240 g/mol. The van der Waals surface area contributed by atoms with Crippen LogP contribution in [0.15, 0.2) is 0 Å². The summed E-state index contributed by atoms with van der Waals surface area (Å²) in [6, 6.07) is 0.788. The highest BCUT2D eigenvalue weighted by atomic mass is 32.2. The lowest BCUT2D eigenvalue weighted by molar-refractivity contribution is 0.0269. The molecule has 2 nitrogen and oxygen atoms in total. The zero-order valence-corrected chi connectivity index (χ0v) is 12.6. The Labute approximate surface area is 116 Å². The zero-order valence-electron chi connectivity index (χ0n) is 11.7. The van der Waals surface area contributed by atoms with Crippen LogP contribution in [0.25, 0.3) is 0 Å². The van der Waals surface area contributed by atoms with Gasteiger partial charge in [-0.2, -0.15) is 11.8 Å². The number of likely N-dealkylation sites (N-methyl/N-ethyl adjacent to an activating group) is 1. The maximum atomic E-state index is 6.24. The highest BCUT2D eigenvalue weighted by molar-refractivity contribution is 7.99. The van der Waals surface area contributed by atoms with E-state index in [1.807, 2.05) is 0 Å². The van der Waals surface area contributed by atoms with E-state index < -0.39 is 0 Å².